The molecule has 0 aromatic heterocycles. The lowest BCUT2D eigenvalue weighted by Crippen LogP contribution is -2.32. The van der Waals surface area contributed by atoms with Gasteiger partial charge in [0.15, 0.2) is 5.25 Å². The largest absolute Gasteiger partial charge is 0.480 e. The number of benzene rings is 1. The molecule has 106 valence electrons. The van der Waals surface area contributed by atoms with E-state index in [9.17, 15) is 21.6 Å². The Balaban J connectivity index is 3.11. The molecule has 0 bridgehead atoms. The van der Waals surface area contributed by atoms with Gasteiger partial charge in [-0.25, -0.2) is 22.0 Å². The van der Waals surface area contributed by atoms with E-state index in [4.69, 9.17) is 10.2 Å². The first-order valence-electron chi connectivity index (χ1n) is 4.91. The predicted molar refractivity (Wildman–Crippen MR) is 67.5 cm³/mol. The third-order valence-electron chi connectivity index (χ3n) is 2.24. The number of nitrogens with two attached hydrogens (primary N) is 1. The Kier molecular flexibility index (Phi) is 4.18. The van der Waals surface area contributed by atoms with Crippen molar-refractivity contribution >= 4 is 31.7 Å². The van der Waals surface area contributed by atoms with Gasteiger partial charge >= 0.3 is 5.97 Å². The molecule has 0 aliphatic carbocycles. The Morgan fingerprint density at radius 2 is 1.89 bits per heavy atom. The second kappa shape index (κ2) is 5.15. The van der Waals surface area contributed by atoms with Crippen LogP contribution in [-0.2, 0) is 24.8 Å². The molecule has 0 heterocycles. The Labute approximate surface area is 110 Å². The zero-order valence-corrected chi connectivity index (χ0v) is 11.4. The first kappa shape index (κ1) is 15.4. The molecule has 1 aromatic rings. The highest BCUT2D eigenvalue weighted by atomic mass is 32.2. The fourth-order valence-corrected chi connectivity index (χ4v) is 2.58. The molecular weight excluding hydrogens is 296 g/mol. The van der Waals surface area contributed by atoms with E-state index in [0.717, 1.165) is 13.0 Å². The second-order valence-electron chi connectivity index (χ2n) is 3.70. The van der Waals surface area contributed by atoms with Crippen molar-refractivity contribution in [1.29, 1.82) is 0 Å². The summed E-state index contributed by atoms with van der Waals surface area (Å²) >= 11 is 0. The van der Waals surface area contributed by atoms with Crippen molar-refractivity contribution in [2.75, 3.05) is 4.72 Å². The fraction of sp³-hybridized carbons (Fsp3) is 0.222. The summed E-state index contributed by atoms with van der Waals surface area (Å²) in [5.41, 5.74) is -0.0837. The maximum Gasteiger partial charge on any atom is 0.323 e. The first-order chi connectivity index (χ1) is 8.54. The molecule has 1 unspecified atom stereocenters. The summed E-state index contributed by atoms with van der Waals surface area (Å²) in [4.78, 5) is 10.3. The third-order valence-corrected chi connectivity index (χ3v) is 4.80. The van der Waals surface area contributed by atoms with Gasteiger partial charge in [-0.3, -0.25) is 9.52 Å². The van der Waals surface area contributed by atoms with Crippen LogP contribution < -0.4 is 9.86 Å². The minimum absolute atomic E-state index is 0.0837. The molecule has 1 atom stereocenters. The van der Waals surface area contributed by atoms with Crippen LogP contribution in [-0.4, -0.2) is 33.2 Å². The molecule has 1 rings (SSSR count). The molecule has 0 aliphatic heterocycles. The van der Waals surface area contributed by atoms with Crippen LogP contribution >= 0.6 is 0 Å². The number of carboxylic acids is 1. The van der Waals surface area contributed by atoms with Gasteiger partial charge < -0.3 is 5.11 Å². The van der Waals surface area contributed by atoms with Crippen molar-refractivity contribution in [2.24, 2.45) is 5.14 Å². The van der Waals surface area contributed by atoms with Gasteiger partial charge in [-0.15, -0.1) is 0 Å². The van der Waals surface area contributed by atoms with Crippen LogP contribution in [0.4, 0.5) is 5.69 Å². The molecule has 1 aromatic carbocycles. The average molecular weight is 308 g/mol. The number of carboxylic acid groups (broad SMARTS) is 1. The monoisotopic (exact) mass is 308 g/mol. The number of sulfonamides is 2. The van der Waals surface area contributed by atoms with Crippen molar-refractivity contribution in [2.45, 2.75) is 17.1 Å². The van der Waals surface area contributed by atoms with E-state index in [2.05, 4.69) is 0 Å². The van der Waals surface area contributed by atoms with Crippen molar-refractivity contribution in [3.63, 3.8) is 0 Å². The molecule has 0 saturated carbocycles. The van der Waals surface area contributed by atoms with Crippen molar-refractivity contribution in [3.05, 3.63) is 24.3 Å². The van der Waals surface area contributed by atoms with Gasteiger partial charge in [0.05, 0.1) is 4.90 Å². The highest BCUT2D eigenvalue weighted by Crippen LogP contribution is 2.16. The van der Waals surface area contributed by atoms with Crippen molar-refractivity contribution < 1.29 is 26.7 Å². The first-order valence-corrected chi connectivity index (χ1v) is 8.00. The Morgan fingerprint density at radius 3 is 2.37 bits per heavy atom. The zero-order chi connectivity index (χ0) is 14.8. The van der Waals surface area contributed by atoms with Gasteiger partial charge in [-0.2, -0.15) is 0 Å². The lowest BCUT2D eigenvalue weighted by atomic mass is 10.3. The number of nitrogens with one attached hydrogen (secondary N) is 1. The number of rotatable bonds is 5. The molecule has 8 nitrogen and oxygen atoms in total. The molecule has 0 spiro atoms. The smallest absolute Gasteiger partial charge is 0.323 e. The summed E-state index contributed by atoms with van der Waals surface area (Å²) in [6.45, 7) is 0.994. The number of hydrogen-bond acceptors (Lipinski definition) is 5. The summed E-state index contributed by atoms with van der Waals surface area (Å²) in [6.07, 6.45) is 0. The van der Waals surface area contributed by atoms with Crippen molar-refractivity contribution in [1.82, 2.24) is 0 Å². The standard InChI is InChI=1S/C9H12N2O6S2/c1-6(9(12)13)19(16,17)11-7-3-2-4-8(5-7)18(10,14)15/h2-6,11H,1H3,(H,12,13)(H2,10,14,15). The molecule has 4 N–H and O–H groups in total. The van der Waals surface area contributed by atoms with Gasteiger partial charge in [0.25, 0.3) is 0 Å². The highest BCUT2D eigenvalue weighted by Gasteiger charge is 2.27. The van der Waals surface area contributed by atoms with Gasteiger partial charge in [-0.1, -0.05) is 6.07 Å². The number of aliphatic carboxylic acids is 1. The van der Waals surface area contributed by atoms with Crippen LogP contribution in [0.3, 0.4) is 0 Å². The Morgan fingerprint density at radius 1 is 1.32 bits per heavy atom. The average Bonchev–Trinajstić information content (AvgIpc) is 2.26. The topological polar surface area (TPSA) is 144 Å². The van der Waals surface area contributed by atoms with E-state index in [1.807, 2.05) is 4.72 Å². The normalized spacial score (nSPS) is 13.8. The predicted octanol–water partition coefficient (Wildman–Crippen LogP) is -0.451. The number of carbonyl (C=O) groups is 1. The van der Waals surface area contributed by atoms with Crippen LogP contribution in [0.15, 0.2) is 29.2 Å². The fourth-order valence-electron chi connectivity index (χ4n) is 1.12. The van der Waals surface area contributed by atoms with Gasteiger partial charge in [-0.05, 0) is 25.1 Å². The molecule has 0 aliphatic rings. The summed E-state index contributed by atoms with van der Waals surface area (Å²) in [6, 6.07) is 4.75. The quantitative estimate of drug-likeness (QED) is 0.672. The molecule has 0 fully saturated rings. The highest BCUT2D eigenvalue weighted by molar-refractivity contribution is 7.94. The molecule has 10 heteroatoms. The van der Waals surface area contributed by atoms with E-state index in [0.29, 0.717) is 0 Å². The minimum Gasteiger partial charge on any atom is -0.480 e. The van der Waals surface area contributed by atoms with Gasteiger partial charge in [0.1, 0.15) is 0 Å². The third kappa shape index (κ3) is 3.91. The number of hydrogen-bond donors (Lipinski definition) is 3. The van der Waals surface area contributed by atoms with Gasteiger partial charge in [0.2, 0.25) is 20.0 Å². The minimum atomic E-state index is -4.16. The number of primary sulfonamides is 1. The maximum atomic E-state index is 11.6. The summed E-state index contributed by atoms with van der Waals surface area (Å²) in [5, 5.41) is 11.9. The molecule has 0 amide bonds. The number of anilines is 1. The summed E-state index contributed by atoms with van der Waals surface area (Å²) < 4.78 is 47.4. The van der Waals surface area contributed by atoms with Crippen LogP contribution in [0.25, 0.3) is 0 Å². The molecule has 19 heavy (non-hydrogen) atoms. The lowest BCUT2D eigenvalue weighted by Gasteiger charge is -2.11. The van der Waals surface area contributed by atoms with Crippen LogP contribution in [0, 0.1) is 0 Å². The van der Waals surface area contributed by atoms with E-state index < -0.39 is 31.3 Å². The summed E-state index contributed by atoms with van der Waals surface area (Å²) in [7, 11) is -8.13. The van der Waals surface area contributed by atoms with E-state index in [1.165, 1.54) is 18.2 Å². The van der Waals surface area contributed by atoms with E-state index >= 15 is 0 Å². The lowest BCUT2D eigenvalue weighted by molar-refractivity contribution is -0.136. The second-order valence-corrected chi connectivity index (χ2v) is 7.26. The van der Waals surface area contributed by atoms with Crippen molar-refractivity contribution in [3.8, 4) is 0 Å². The van der Waals surface area contributed by atoms with E-state index in [1.54, 1.807) is 0 Å². The van der Waals surface area contributed by atoms with Crippen LogP contribution in [0.1, 0.15) is 6.92 Å². The van der Waals surface area contributed by atoms with Gasteiger partial charge in [0, 0.05) is 5.69 Å². The summed E-state index contributed by atoms with van der Waals surface area (Å²) in [5.74, 6) is -1.52. The van der Waals surface area contributed by atoms with Crippen LogP contribution in [0.2, 0.25) is 0 Å². The molecule has 0 saturated heterocycles. The Hall–Kier alpha value is -1.65. The van der Waals surface area contributed by atoms with E-state index in [-0.39, 0.29) is 10.6 Å². The Bertz CT molecular complexity index is 695. The molecular formula is C9H12N2O6S2. The molecule has 0 radical (unpaired) electrons. The van der Waals surface area contributed by atoms with Crippen LogP contribution in [0.5, 0.6) is 0 Å². The SMILES string of the molecule is CC(C(=O)O)S(=O)(=O)Nc1cccc(S(N)(=O)=O)c1. The maximum absolute atomic E-state index is 11.6. The zero-order valence-electron chi connectivity index (χ0n) is 9.77.